The third-order valence-electron chi connectivity index (χ3n) is 4.01. The van der Waals surface area contributed by atoms with Gasteiger partial charge in [-0.25, -0.2) is 0 Å². The number of hydrogen-bond acceptors (Lipinski definition) is 2. The normalized spacial score (nSPS) is 17.7. The van der Waals surface area contributed by atoms with Gasteiger partial charge in [0.25, 0.3) is 5.91 Å². The van der Waals surface area contributed by atoms with Crippen LogP contribution in [0.1, 0.15) is 19.4 Å². The molecule has 2 atom stereocenters. The van der Waals surface area contributed by atoms with E-state index in [1.165, 1.54) is 5.56 Å². The van der Waals surface area contributed by atoms with Crippen molar-refractivity contribution < 1.29 is 9.53 Å². The van der Waals surface area contributed by atoms with Crippen LogP contribution in [0.2, 0.25) is 10.0 Å². The summed E-state index contributed by atoms with van der Waals surface area (Å²) in [6, 6.07) is 13.2. The Balaban J connectivity index is 1.82. The second kappa shape index (κ2) is 6.42. The van der Waals surface area contributed by atoms with Gasteiger partial charge in [0, 0.05) is 11.7 Å². The van der Waals surface area contributed by atoms with Gasteiger partial charge in [-0.1, -0.05) is 47.5 Å². The van der Waals surface area contributed by atoms with E-state index in [-0.39, 0.29) is 11.9 Å². The van der Waals surface area contributed by atoms with E-state index in [0.29, 0.717) is 15.8 Å². The number of carbonyl (C=O) groups excluding carboxylic acids is 1. The first-order chi connectivity index (χ1) is 11.0. The van der Waals surface area contributed by atoms with Crippen LogP contribution in [0, 0.1) is 0 Å². The highest BCUT2D eigenvalue weighted by atomic mass is 35.5. The van der Waals surface area contributed by atoms with Gasteiger partial charge >= 0.3 is 0 Å². The van der Waals surface area contributed by atoms with Crippen LogP contribution >= 0.6 is 23.2 Å². The molecule has 2 aromatic rings. The lowest BCUT2D eigenvalue weighted by molar-refractivity contribution is -0.124. The molecule has 5 heteroatoms. The predicted octanol–water partition coefficient (Wildman–Crippen LogP) is 4.74. The van der Waals surface area contributed by atoms with Crippen LogP contribution in [0.4, 0.5) is 5.69 Å². The Hall–Kier alpha value is -1.71. The first kappa shape index (κ1) is 16.2. The molecule has 1 aliphatic rings. The molecule has 0 aliphatic carbocycles. The molecule has 0 bridgehead atoms. The third-order valence-corrected chi connectivity index (χ3v) is 4.81. The summed E-state index contributed by atoms with van der Waals surface area (Å²) >= 11 is 12.1. The lowest BCUT2D eigenvalue weighted by atomic mass is 10.1. The molecule has 0 unspecified atom stereocenters. The summed E-state index contributed by atoms with van der Waals surface area (Å²) in [6.07, 6.45) is 0.201. The molecule has 1 heterocycles. The van der Waals surface area contributed by atoms with E-state index >= 15 is 0 Å². The van der Waals surface area contributed by atoms with Crippen LogP contribution in [-0.4, -0.2) is 18.1 Å². The lowest BCUT2D eigenvalue weighted by Crippen LogP contribution is -2.43. The molecule has 3 rings (SSSR count). The summed E-state index contributed by atoms with van der Waals surface area (Å²) in [5, 5.41) is 0.729. The van der Waals surface area contributed by atoms with Gasteiger partial charge in [-0.2, -0.15) is 0 Å². The highest BCUT2D eigenvalue weighted by Gasteiger charge is 2.34. The van der Waals surface area contributed by atoms with Crippen molar-refractivity contribution in [3.05, 3.63) is 58.1 Å². The largest absolute Gasteiger partial charge is 0.479 e. The number of ether oxygens (including phenoxy) is 1. The third kappa shape index (κ3) is 3.04. The molecular formula is C18H17Cl2NO2. The Morgan fingerprint density at radius 2 is 1.96 bits per heavy atom. The summed E-state index contributed by atoms with van der Waals surface area (Å²) in [4.78, 5) is 14.6. The van der Waals surface area contributed by atoms with E-state index in [4.69, 9.17) is 27.9 Å². The van der Waals surface area contributed by atoms with Crippen molar-refractivity contribution in [1.82, 2.24) is 0 Å². The number of fused-ring (bicyclic) bond motifs is 1. The number of rotatable bonds is 3. The molecule has 0 aromatic heterocycles. The fourth-order valence-electron chi connectivity index (χ4n) is 2.91. The van der Waals surface area contributed by atoms with Crippen LogP contribution < -0.4 is 9.64 Å². The second-order valence-corrected chi connectivity index (χ2v) is 6.49. The Kier molecular flexibility index (Phi) is 4.51. The zero-order valence-corrected chi connectivity index (χ0v) is 14.4. The zero-order valence-electron chi connectivity index (χ0n) is 12.9. The van der Waals surface area contributed by atoms with Gasteiger partial charge < -0.3 is 9.64 Å². The number of carbonyl (C=O) groups is 1. The molecule has 0 saturated heterocycles. The van der Waals surface area contributed by atoms with Gasteiger partial charge in [-0.05, 0) is 44.0 Å². The van der Waals surface area contributed by atoms with E-state index in [1.807, 2.05) is 25.1 Å². The molecule has 23 heavy (non-hydrogen) atoms. The summed E-state index contributed by atoms with van der Waals surface area (Å²) in [5.41, 5.74) is 2.14. The second-order valence-electron chi connectivity index (χ2n) is 5.70. The van der Waals surface area contributed by atoms with Crippen molar-refractivity contribution in [3.8, 4) is 5.75 Å². The predicted molar refractivity (Wildman–Crippen MR) is 93.6 cm³/mol. The van der Waals surface area contributed by atoms with Crippen LogP contribution in [-0.2, 0) is 11.2 Å². The Morgan fingerprint density at radius 3 is 2.74 bits per heavy atom. The number of hydrogen-bond donors (Lipinski definition) is 0. The van der Waals surface area contributed by atoms with Crippen LogP contribution in [0.5, 0.6) is 5.75 Å². The SMILES string of the molecule is C[C@@H]1Cc2ccccc2N1C(=O)[C@@H](C)Oc1cccc(Cl)c1Cl. The number of amides is 1. The first-order valence-electron chi connectivity index (χ1n) is 7.50. The fraction of sp³-hybridized carbons (Fsp3) is 0.278. The summed E-state index contributed by atoms with van der Waals surface area (Å²) in [7, 11) is 0. The maximum Gasteiger partial charge on any atom is 0.268 e. The summed E-state index contributed by atoms with van der Waals surface area (Å²) in [5.74, 6) is 0.332. The molecule has 3 nitrogen and oxygen atoms in total. The molecule has 0 fully saturated rings. The van der Waals surface area contributed by atoms with Crippen LogP contribution in [0.3, 0.4) is 0 Å². The molecule has 2 aromatic carbocycles. The minimum Gasteiger partial charge on any atom is -0.479 e. The van der Waals surface area contributed by atoms with Crippen molar-refractivity contribution >= 4 is 34.8 Å². The average molecular weight is 350 g/mol. The fourth-order valence-corrected chi connectivity index (χ4v) is 3.25. The number of benzene rings is 2. The Bertz CT molecular complexity index is 748. The molecule has 0 radical (unpaired) electrons. The molecule has 120 valence electrons. The lowest BCUT2D eigenvalue weighted by Gasteiger charge is -2.26. The monoisotopic (exact) mass is 349 g/mol. The number of anilines is 1. The maximum atomic E-state index is 12.8. The summed E-state index contributed by atoms with van der Waals surface area (Å²) < 4.78 is 5.76. The quantitative estimate of drug-likeness (QED) is 0.800. The minimum absolute atomic E-state index is 0.0847. The topological polar surface area (TPSA) is 29.5 Å². The molecule has 0 spiro atoms. The van der Waals surface area contributed by atoms with Gasteiger partial charge in [0.05, 0.1) is 5.02 Å². The van der Waals surface area contributed by atoms with Crippen molar-refractivity contribution in [2.24, 2.45) is 0 Å². The van der Waals surface area contributed by atoms with Crippen molar-refractivity contribution in [1.29, 1.82) is 0 Å². The van der Waals surface area contributed by atoms with Crippen molar-refractivity contribution in [2.75, 3.05) is 4.90 Å². The van der Waals surface area contributed by atoms with Gasteiger partial charge in [-0.3, -0.25) is 4.79 Å². The number of nitrogens with zero attached hydrogens (tertiary/aromatic N) is 1. The maximum absolute atomic E-state index is 12.8. The Morgan fingerprint density at radius 1 is 1.22 bits per heavy atom. The van der Waals surface area contributed by atoms with Gasteiger partial charge in [0.2, 0.25) is 0 Å². The molecule has 0 N–H and O–H groups in total. The van der Waals surface area contributed by atoms with E-state index < -0.39 is 6.10 Å². The first-order valence-corrected chi connectivity index (χ1v) is 8.26. The van der Waals surface area contributed by atoms with E-state index in [9.17, 15) is 4.79 Å². The molecular weight excluding hydrogens is 333 g/mol. The van der Waals surface area contributed by atoms with E-state index in [1.54, 1.807) is 30.0 Å². The van der Waals surface area contributed by atoms with E-state index in [0.717, 1.165) is 12.1 Å². The number of para-hydroxylation sites is 1. The smallest absolute Gasteiger partial charge is 0.268 e. The summed E-state index contributed by atoms with van der Waals surface area (Å²) in [6.45, 7) is 3.77. The van der Waals surface area contributed by atoms with Gasteiger partial charge in [0.15, 0.2) is 6.10 Å². The Labute approximate surface area is 145 Å². The van der Waals surface area contributed by atoms with Crippen LogP contribution in [0.15, 0.2) is 42.5 Å². The van der Waals surface area contributed by atoms with Crippen LogP contribution in [0.25, 0.3) is 0 Å². The van der Waals surface area contributed by atoms with Crippen molar-refractivity contribution in [2.45, 2.75) is 32.4 Å². The molecule has 1 amide bonds. The molecule has 1 aliphatic heterocycles. The van der Waals surface area contributed by atoms with Crippen molar-refractivity contribution in [3.63, 3.8) is 0 Å². The average Bonchev–Trinajstić information content (AvgIpc) is 2.86. The molecule has 0 saturated carbocycles. The standard InChI is InChI=1S/C18H17Cl2NO2/c1-11-10-13-6-3-4-8-15(13)21(11)18(22)12(2)23-16-9-5-7-14(19)17(16)20/h3-9,11-12H,10H2,1-2H3/t11-,12-/m1/s1. The van der Waals surface area contributed by atoms with Gasteiger partial charge in [0.1, 0.15) is 10.8 Å². The highest BCUT2D eigenvalue weighted by molar-refractivity contribution is 6.42. The minimum atomic E-state index is -0.653. The number of halogens is 2. The highest BCUT2D eigenvalue weighted by Crippen LogP contribution is 2.34. The zero-order chi connectivity index (χ0) is 16.6. The van der Waals surface area contributed by atoms with E-state index in [2.05, 4.69) is 6.07 Å². The van der Waals surface area contributed by atoms with Gasteiger partial charge in [-0.15, -0.1) is 0 Å².